The number of aromatic nitrogens is 3. The van der Waals surface area contributed by atoms with Crippen molar-refractivity contribution in [3.05, 3.63) is 102 Å². The van der Waals surface area contributed by atoms with Crippen LogP contribution in [-0.4, -0.2) is 75.7 Å². The molecule has 3 aromatic carbocycles. The number of carbonyl (C=O) groups excluding carboxylic acids is 2. The van der Waals surface area contributed by atoms with E-state index in [-0.39, 0.29) is 36.2 Å². The Bertz CT molecular complexity index is 1660. The van der Waals surface area contributed by atoms with Crippen molar-refractivity contribution in [3.8, 4) is 22.9 Å². The lowest BCUT2D eigenvalue weighted by Gasteiger charge is -2.42. The van der Waals surface area contributed by atoms with Gasteiger partial charge >= 0.3 is 0 Å². The Morgan fingerprint density at radius 3 is 2.39 bits per heavy atom. The fraction of sp³-hybridized carbons (Fsp3) is 0.361. The summed E-state index contributed by atoms with van der Waals surface area (Å²) in [6, 6.07) is 26.6. The first-order valence-electron chi connectivity index (χ1n) is 15.9. The second kappa shape index (κ2) is 14.4. The third-order valence-electron chi connectivity index (χ3n) is 9.30. The van der Waals surface area contributed by atoms with Gasteiger partial charge in [0.2, 0.25) is 11.8 Å². The van der Waals surface area contributed by atoms with Crippen LogP contribution in [0.1, 0.15) is 41.9 Å². The topological polar surface area (TPSA) is 116 Å². The van der Waals surface area contributed by atoms with Crippen molar-refractivity contribution in [1.82, 2.24) is 29.9 Å². The molecule has 10 nitrogen and oxygen atoms in total. The quantitative estimate of drug-likeness (QED) is 0.299. The summed E-state index contributed by atoms with van der Waals surface area (Å²) < 4.78 is 7.25. The van der Waals surface area contributed by atoms with Crippen molar-refractivity contribution in [3.63, 3.8) is 0 Å². The fourth-order valence-corrected chi connectivity index (χ4v) is 6.70. The maximum atomic E-state index is 13.8. The number of rotatable bonds is 9. The zero-order valence-corrected chi connectivity index (χ0v) is 26.1. The first-order valence-corrected chi connectivity index (χ1v) is 15.9. The normalized spacial score (nSPS) is 18.6. The minimum Gasteiger partial charge on any atom is -0.496 e. The molecular formula is C36H39N7O3. The van der Waals surface area contributed by atoms with Crippen LogP contribution in [0.5, 0.6) is 5.75 Å². The van der Waals surface area contributed by atoms with Gasteiger partial charge < -0.3 is 19.9 Å². The largest absolute Gasteiger partial charge is 0.496 e. The molecule has 0 bridgehead atoms. The van der Waals surface area contributed by atoms with Crippen LogP contribution in [0.4, 0.5) is 0 Å². The van der Waals surface area contributed by atoms with Crippen molar-refractivity contribution in [1.29, 1.82) is 5.26 Å². The molecule has 0 spiro atoms. The molecule has 0 aliphatic carbocycles. The molecule has 46 heavy (non-hydrogen) atoms. The number of likely N-dealkylation sites (tertiary alicyclic amines) is 2. The summed E-state index contributed by atoms with van der Waals surface area (Å²) in [4.78, 5) is 34.3. The Morgan fingerprint density at radius 1 is 0.957 bits per heavy atom. The van der Waals surface area contributed by atoms with Gasteiger partial charge in [0.1, 0.15) is 24.9 Å². The van der Waals surface area contributed by atoms with Crippen molar-refractivity contribution in [2.45, 2.75) is 44.3 Å². The van der Waals surface area contributed by atoms with Crippen LogP contribution in [0, 0.1) is 17.2 Å². The number of amides is 2. The molecule has 1 N–H and O–H groups in total. The van der Waals surface area contributed by atoms with Crippen LogP contribution < -0.4 is 10.1 Å². The van der Waals surface area contributed by atoms with E-state index in [0.29, 0.717) is 51.1 Å². The zero-order chi connectivity index (χ0) is 31.9. The first kappa shape index (κ1) is 31.0. The zero-order valence-electron chi connectivity index (χ0n) is 26.1. The molecule has 0 saturated carbocycles. The van der Waals surface area contributed by atoms with Crippen LogP contribution in [-0.2, 0) is 22.7 Å². The number of hydrogen-bond acceptors (Lipinski definition) is 7. The number of piperidine rings is 2. The number of methoxy groups -OCH3 is 1. The molecule has 10 heteroatoms. The molecule has 3 heterocycles. The predicted octanol–water partition coefficient (Wildman–Crippen LogP) is 4.24. The lowest BCUT2D eigenvalue weighted by atomic mass is 9.84. The highest BCUT2D eigenvalue weighted by atomic mass is 16.5. The van der Waals surface area contributed by atoms with Crippen LogP contribution in [0.2, 0.25) is 0 Å². The molecule has 0 unspecified atom stereocenters. The van der Waals surface area contributed by atoms with Gasteiger partial charge in [0.05, 0.1) is 18.7 Å². The summed E-state index contributed by atoms with van der Waals surface area (Å²) in [6.45, 7) is 3.28. The Hall–Kier alpha value is -5.01. The smallest absolute Gasteiger partial charge is 0.244 e. The second-order valence-corrected chi connectivity index (χ2v) is 12.0. The molecule has 2 atom stereocenters. The van der Waals surface area contributed by atoms with Crippen molar-refractivity contribution >= 4 is 11.8 Å². The third kappa shape index (κ3) is 7.11. The summed E-state index contributed by atoms with van der Waals surface area (Å²) in [6.07, 6.45) is 5.14. The average Bonchev–Trinajstić information content (AvgIpc) is 3.64. The standard InChI is InChI=1S/C36H39N7O3/c1-46-34-12-11-30(27-9-7-26(20-37)8-10-27)19-31(34)21-39-33-15-18-42(22-32(33)28-5-3-2-4-6-28)36(45)29-13-16-41(17-14-29)35(44)23-43-25-38-24-40-43/h2-12,19,24-25,29,32-33,39H,13-18,21-23H2,1H3/t32-,33-/m0/s1. The van der Waals surface area contributed by atoms with E-state index in [0.717, 1.165) is 28.9 Å². The van der Waals surface area contributed by atoms with Gasteiger partial charge in [0, 0.05) is 56.2 Å². The van der Waals surface area contributed by atoms with Crippen LogP contribution in [0.25, 0.3) is 11.1 Å². The molecule has 2 fully saturated rings. The van der Waals surface area contributed by atoms with Crippen LogP contribution >= 0.6 is 0 Å². The summed E-state index contributed by atoms with van der Waals surface area (Å²) in [5.41, 5.74) is 5.01. The van der Waals surface area contributed by atoms with E-state index >= 15 is 0 Å². The monoisotopic (exact) mass is 617 g/mol. The Balaban J connectivity index is 1.11. The SMILES string of the molecule is COc1ccc(-c2ccc(C#N)cc2)cc1CN[C@H]1CCN(C(=O)C2CCN(C(=O)Cn3cncn3)CC2)C[C@H]1c1ccccc1. The highest BCUT2D eigenvalue weighted by Crippen LogP contribution is 2.32. The number of nitrogens with zero attached hydrogens (tertiary/aromatic N) is 6. The number of carbonyl (C=O) groups is 2. The number of nitriles is 1. The summed E-state index contributed by atoms with van der Waals surface area (Å²) in [5, 5.41) is 17.0. The van der Waals surface area contributed by atoms with E-state index in [9.17, 15) is 14.9 Å². The van der Waals surface area contributed by atoms with Crippen molar-refractivity contribution < 1.29 is 14.3 Å². The van der Waals surface area contributed by atoms with Gasteiger partial charge in [-0.15, -0.1) is 0 Å². The number of benzene rings is 3. The van der Waals surface area contributed by atoms with Crippen molar-refractivity contribution in [2.75, 3.05) is 33.3 Å². The van der Waals surface area contributed by atoms with Gasteiger partial charge in [-0.2, -0.15) is 10.4 Å². The molecule has 2 amide bonds. The fourth-order valence-electron chi connectivity index (χ4n) is 6.70. The summed E-state index contributed by atoms with van der Waals surface area (Å²) in [5.74, 6) is 1.08. The number of hydrogen-bond donors (Lipinski definition) is 1. The maximum Gasteiger partial charge on any atom is 0.244 e. The summed E-state index contributed by atoms with van der Waals surface area (Å²) in [7, 11) is 1.69. The van der Waals surface area contributed by atoms with E-state index in [1.54, 1.807) is 13.4 Å². The van der Waals surface area contributed by atoms with E-state index in [1.807, 2.05) is 52.3 Å². The van der Waals surface area contributed by atoms with E-state index in [4.69, 9.17) is 4.74 Å². The Kier molecular flexibility index (Phi) is 9.70. The van der Waals surface area contributed by atoms with Gasteiger partial charge in [-0.25, -0.2) is 9.67 Å². The van der Waals surface area contributed by atoms with Gasteiger partial charge in [0.25, 0.3) is 0 Å². The number of ether oxygens (including phenoxy) is 1. The number of nitrogens with one attached hydrogen (secondary N) is 1. The first-order chi connectivity index (χ1) is 22.5. The van der Waals surface area contributed by atoms with Crippen LogP contribution in [0.15, 0.2) is 85.5 Å². The predicted molar refractivity (Wildman–Crippen MR) is 173 cm³/mol. The van der Waals surface area contributed by atoms with E-state index in [2.05, 4.69) is 51.8 Å². The highest BCUT2D eigenvalue weighted by Gasteiger charge is 2.36. The van der Waals surface area contributed by atoms with Crippen molar-refractivity contribution in [2.24, 2.45) is 5.92 Å². The van der Waals surface area contributed by atoms with Gasteiger partial charge in [0.15, 0.2) is 0 Å². The van der Waals surface area contributed by atoms with Gasteiger partial charge in [-0.3, -0.25) is 9.59 Å². The molecule has 6 rings (SSSR count). The second-order valence-electron chi connectivity index (χ2n) is 12.0. The van der Waals surface area contributed by atoms with E-state index in [1.165, 1.54) is 16.6 Å². The van der Waals surface area contributed by atoms with Gasteiger partial charge in [-0.1, -0.05) is 48.5 Å². The van der Waals surface area contributed by atoms with E-state index < -0.39 is 0 Å². The minimum atomic E-state index is -0.0782. The lowest BCUT2D eigenvalue weighted by molar-refractivity contribution is -0.142. The average molecular weight is 618 g/mol. The van der Waals surface area contributed by atoms with Crippen LogP contribution in [0.3, 0.4) is 0 Å². The highest BCUT2D eigenvalue weighted by molar-refractivity contribution is 5.80. The maximum absolute atomic E-state index is 13.8. The molecule has 2 aliphatic rings. The molecular weight excluding hydrogens is 578 g/mol. The molecule has 4 aromatic rings. The van der Waals surface area contributed by atoms with Gasteiger partial charge in [-0.05, 0) is 60.2 Å². The Morgan fingerprint density at radius 2 is 1.70 bits per heavy atom. The molecule has 2 saturated heterocycles. The molecule has 1 aromatic heterocycles. The third-order valence-corrected chi connectivity index (χ3v) is 9.30. The molecule has 236 valence electrons. The summed E-state index contributed by atoms with van der Waals surface area (Å²) >= 11 is 0. The minimum absolute atomic E-state index is 0.00602. The lowest BCUT2D eigenvalue weighted by Crippen LogP contribution is -2.52. The Labute approximate surface area is 269 Å². The molecule has 0 radical (unpaired) electrons. The molecule has 2 aliphatic heterocycles.